The minimum atomic E-state index is -1.02. The third kappa shape index (κ3) is 9.42. The maximum atomic E-state index is 11.8. The number of amides is 1. The Labute approximate surface area is 242 Å². The molecule has 220 valence electrons. The molecule has 0 bridgehead atoms. The van der Waals surface area contributed by atoms with E-state index in [4.69, 9.17) is 18.9 Å². The number of aliphatic hydroxyl groups is 1. The summed E-state index contributed by atoms with van der Waals surface area (Å²) in [6.45, 7) is 2.47. The molecule has 2 N–H and O–H groups in total. The average molecular weight is 564 g/mol. The fourth-order valence-corrected chi connectivity index (χ4v) is 4.55. The summed E-state index contributed by atoms with van der Waals surface area (Å²) in [4.78, 5) is 22.8. The summed E-state index contributed by atoms with van der Waals surface area (Å²) in [7, 11) is 3.25. The van der Waals surface area contributed by atoms with Crippen LogP contribution in [0, 0.1) is 0 Å². The number of methoxy groups -OCH3 is 2. The lowest BCUT2D eigenvalue weighted by molar-refractivity contribution is -0.121. The van der Waals surface area contributed by atoms with Gasteiger partial charge in [-0.1, -0.05) is 54.6 Å². The van der Waals surface area contributed by atoms with E-state index in [1.807, 2.05) is 78.9 Å². The monoisotopic (exact) mass is 563 g/mol. The number of carbonyl (C=O) groups excluding carboxylic acids is 2. The molecule has 0 saturated carbocycles. The predicted molar refractivity (Wildman–Crippen MR) is 157 cm³/mol. The highest BCUT2D eigenvalue weighted by Crippen LogP contribution is 2.41. The molecule has 3 aromatic carbocycles. The van der Waals surface area contributed by atoms with Crippen LogP contribution in [-0.2, 0) is 24.7 Å². The van der Waals surface area contributed by atoms with Crippen molar-refractivity contribution in [1.29, 1.82) is 0 Å². The van der Waals surface area contributed by atoms with Gasteiger partial charge in [-0.15, -0.1) is 0 Å². The van der Waals surface area contributed by atoms with Crippen LogP contribution in [0.3, 0.4) is 0 Å². The summed E-state index contributed by atoms with van der Waals surface area (Å²) in [6, 6.07) is 25.3. The van der Waals surface area contributed by atoms with Gasteiger partial charge >= 0.3 is 0 Å². The van der Waals surface area contributed by atoms with E-state index in [0.717, 1.165) is 28.2 Å². The molecule has 0 saturated heterocycles. The zero-order valence-corrected chi connectivity index (χ0v) is 24.1. The second-order valence-corrected chi connectivity index (χ2v) is 9.80. The molecule has 0 aliphatic rings. The largest absolute Gasteiger partial charge is 0.497 e. The van der Waals surface area contributed by atoms with Crippen molar-refractivity contribution in [2.24, 2.45) is 0 Å². The molecule has 0 heterocycles. The molecule has 0 radical (unpaired) electrons. The van der Waals surface area contributed by atoms with Gasteiger partial charge < -0.3 is 34.2 Å². The van der Waals surface area contributed by atoms with Crippen molar-refractivity contribution in [3.8, 4) is 11.5 Å². The van der Waals surface area contributed by atoms with E-state index in [0.29, 0.717) is 38.8 Å². The van der Waals surface area contributed by atoms with E-state index in [-0.39, 0.29) is 24.9 Å². The van der Waals surface area contributed by atoms with Crippen LogP contribution in [0.25, 0.3) is 0 Å². The van der Waals surface area contributed by atoms with Crippen LogP contribution in [0.1, 0.15) is 49.3 Å². The molecule has 0 fully saturated rings. The molecular weight excluding hydrogens is 522 g/mol. The normalized spacial score (nSPS) is 12.0. The first kappa shape index (κ1) is 31.8. The number of Topliss-reactive ketones (excluding diaryl/α,β-unsaturated/α-hetero) is 1. The summed E-state index contributed by atoms with van der Waals surface area (Å²) in [5.74, 6) is 1.47. The molecule has 0 aliphatic carbocycles. The molecule has 8 nitrogen and oxygen atoms in total. The number of rotatable bonds is 18. The second kappa shape index (κ2) is 16.5. The minimum Gasteiger partial charge on any atom is -0.497 e. The van der Waals surface area contributed by atoms with E-state index < -0.39 is 11.7 Å². The van der Waals surface area contributed by atoms with Gasteiger partial charge in [-0.25, -0.2) is 0 Å². The number of aliphatic hydroxyl groups excluding tert-OH is 1. The Hall–Kier alpha value is -3.72. The number of hydrogen-bond acceptors (Lipinski definition) is 7. The van der Waals surface area contributed by atoms with Gasteiger partial charge in [0, 0.05) is 26.0 Å². The van der Waals surface area contributed by atoms with Gasteiger partial charge in [-0.2, -0.15) is 0 Å². The Morgan fingerprint density at radius 3 is 1.88 bits per heavy atom. The molecule has 1 amide bonds. The first-order valence-electron chi connectivity index (χ1n) is 13.9. The number of ketones is 1. The summed E-state index contributed by atoms with van der Waals surface area (Å²) >= 11 is 0. The smallest absolute Gasteiger partial charge is 0.220 e. The first-order chi connectivity index (χ1) is 19.9. The summed E-state index contributed by atoms with van der Waals surface area (Å²) in [5.41, 5.74) is 1.64. The number of nitrogens with one attached hydrogen (secondary N) is 1. The van der Waals surface area contributed by atoms with E-state index >= 15 is 0 Å². The van der Waals surface area contributed by atoms with Gasteiger partial charge in [0.1, 0.15) is 29.0 Å². The van der Waals surface area contributed by atoms with Crippen molar-refractivity contribution in [2.45, 2.75) is 44.3 Å². The number of hydrogen-bond donors (Lipinski definition) is 2. The molecule has 0 aliphatic heterocycles. The van der Waals surface area contributed by atoms with Gasteiger partial charge in [0.2, 0.25) is 5.91 Å². The van der Waals surface area contributed by atoms with Gasteiger partial charge in [0.05, 0.1) is 27.4 Å². The number of ether oxygens (including phenoxy) is 4. The maximum absolute atomic E-state index is 11.8. The fourth-order valence-electron chi connectivity index (χ4n) is 4.55. The maximum Gasteiger partial charge on any atom is 0.220 e. The molecule has 1 atom stereocenters. The third-order valence-electron chi connectivity index (χ3n) is 6.70. The SMILES string of the molecule is COc1ccc(C(OCC(O)COCCCNC(=O)CCCC(C)=O)(c2ccccc2)c2ccc(OC)cc2)cc1. The lowest BCUT2D eigenvalue weighted by Gasteiger charge is -2.36. The molecule has 1 unspecified atom stereocenters. The second-order valence-electron chi connectivity index (χ2n) is 9.80. The Balaban J connectivity index is 1.67. The molecule has 41 heavy (non-hydrogen) atoms. The summed E-state index contributed by atoms with van der Waals surface area (Å²) in [5, 5.41) is 13.6. The standard InChI is InChI=1S/C33H41NO7/c1-25(35)9-7-12-32(37)34-21-8-22-40-23-29(36)24-41-33(26-10-5-4-6-11-26,27-13-17-30(38-2)18-14-27)28-15-19-31(39-3)20-16-28/h4-6,10-11,13-20,29,36H,7-9,12,21-24H2,1-3H3,(H,34,37). The van der Waals surface area contributed by atoms with Crippen LogP contribution in [0.4, 0.5) is 0 Å². The zero-order valence-electron chi connectivity index (χ0n) is 24.1. The van der Waals surface area contributed by atoms with Crippen molar-refractivity contribution in [2.75, 3.05) is 40.6 Å². The average Bonchev–Trinajstić information content (AvgIpc) is 3.00. The van der Waals surface area contributed by atoms with Gasteiger partial charge in [-0.05, 0) is 60.7 Å². The van der Waals surface area contributed by atoms with Crippen LogP contribution < -0.4 is 14.8 Å². The van der Waals surface area contributed by atoms with E-state index in [9.17, 15) is 14.7 Å². The van der Waals surface area contributed by atoms with Crippen LogP contribution in [-0.4, -0.2) is 63.5 Å². The Bertz CT molecular complexity index is 1150. The number of benzene rings is 3. The van der Waals surface area contributed by atoms with E-state index in [2.05, 4.69) is 5.32 Å². The fraction of sp³-hybridized carbons (Fsp3) is 0.394. The Morgan fingerprint density at radius 1 is 0.780 bits per heavy atom. The third-order valence-corrected chi connectivity index (χ3v) is 6.70. The van der Waals surface area contributed by atoms with Gasteiger partial charge in [-0.3, -0.25) is 4.79 Å². The van der Waals surface area contributed by atoms with Crippen LogP contribution in [0.5, 0.6) is 11.5 Å². The highest BCUT2D eigenvalue weighted by atomic mass is 16.5. The van der Waals surface area contributed by atoms with Crippen molar-refractivity contribution in [1.82, 2.24) is 5.32 Å². The topological polar surface area (TPSA) is 103 Å². The predicted octanol–water partition coefficient (Wildman–Crippen LogP) is 4.66. The van der Waals surface area contributed by atoms with E-state index in [1.54, 1.807) is 14.2 Å². The minimum absolute atomic E-state index is 0.0137. The molecule has 8 heteroatoms. The van der Waals surface area contributed by atoms with Gasteiger partial charge in [0.25, 0.3) is 0 Å². The quantitative estimate of drug-likeness (QED) is 0.171. The highest BCUT2D eigenvalue weighted by molar-refractivity contribution is 5.78. The van der Waals surface area contributed by atoms with Crippen LogP contribution in [0.15, 0.2) is 78.9 Å². The van der Waals surface area contributed by atoms with Crippen molar-refractivity contribution >= 4 is 11.7 Å². The lowest BCUT2D eigenvalue weighted by atomic mass is 9.80. The summed E-state index contributed by atoms with van der Waals surface area (Å²) in [6.07, 6.45) is 1.04. The van der Waals surface area contributed by atoms with Crippen molar-refractivity contribution < 1.29 is 33.6 Å². The molecule has 0 aromatic heterocycles. The van der Waals surface area contributed by atoms with Crippen molar-refractivity contribution in [3.63, 3.8) is 0 Å². The molecule has 0 spiro atoms. The molecule has 3 rings (SSSR count). The van der Waals surface area contributed by atoms with E-state index in [1.165, 1.54) is 6.92 Å². The summed E-state index contributed by atoms with van der Waals surface area (Å²) < 4.78 is 23.1. The van der Waals surface area contributed by atoms with Crippen LogP contribution >= 0.6 is 0 Å². The highest BCUT2D eigenvalue weighted by Gasteiger charge is 2.38. The molecule has 3 aromatic rings. The lowest BCUT2D eigenvalue weighted by Crippen LogP contribution is -2.36. The Morgan fingerprint density at radius 2 is 1.34 bits per heavy atom. The molecular formula is C33H41NO7. The van der Waals surface area contributed by atoms with Gasteiger partial charge in [0.15, 0.2) is 0 Å². The van der Waals surface area contributed by atoms with Crippen molar-refractivity contribution in [3.05, 3.63) is 95.6 Å². The Kier molecular flexibility index (Phi) is 12.8. The van der Waals surface area contributed by atoms with Crippen LogP contribution in [0.2, 0.25) is 0 Å². The zero-order chi connectivity index (χ0) is 29.5. The first-order valence-corrected chi connectivity index (χ1v) is 13.9. The number of carbonyl (C=O) groups is 2.